The number of nitrogens with one attached hydrogen (secondary N) is 2. The summed E-state index contributed by atoms with van der Waals surface area (Å²) < 4.78 is 12.2. The van der Waals surface area contributed by atoms with Crippen molar-refractivity contribution in [3.8, 4) is 5.75 Å². The smallest absolute Gasteiger partial charge is 0.419 e. The number of aromatic nitrogens is 1. The van der Waals surface area contributed by atoms with E-state index in [1.54, 1.807) is 37.3 Å². The molecule has 1 unspecified atom stereocenters. The predicted octanol–water partition coefficient (Wildman–Crippen LogP) is 2.22. The molecule has 1 aromatic heterocycles. The van der Waals surface area contributed by atoms with Crippen LogP contribution in [0.5, 0.6) is 5.75 Å². The molecular formula is C21H23N3O5. The Morgan fingerprint density at radius 3 is 2.66 bits per heavy atom. The highest BCUT2D eigenvalue weighted by Gasteiger charge is 2.17. The van der Waals surface area contributed by atoms with Crippen molar-refractivity contribution in [3.05, 3.63) is 64.1 Å². The number of benzene rings is 2. The van der Waals surface area contributed by atoms with Crippen LogP contribution < -0.4 is 21.3 Å². The minimum atomic E-state index is -0.795. The third-order valence-electron chi connectivity index (χ3n) is 4.69. The topological polar surface area (TPSA) is 103 Å². The van der Waals surface area contributed by atoms with Crippen LogP contribution in [0.15, 0.2) is 51.7 Å². The first-order chi connectivity index (χ1) is 13.9. The number of ether oxygens (including phenoxy) is 1. The van der Waals surface area contributed by atoms with Gasteiger partial charge >= 0.3 is 5.76 Å². The maximum Gasteiger partial charge on any atom is 0.419 e. The van der Waals surface area contributed by atoms with Gasteiger partial charge in [0.05, 0.1) is 5.52 Å². The lowest BCUT2D eigenvalue weighted by Crippen LogP contribution is -2.47. The fourth-order valence-electron chi connectivity index (χ4n) is 2.83. The molecule has 0 aliphatic heterocycles. The number of nitrogens with zero attached hydrogens (tertiary/aromatic N) is 1. The van der Waals surface area contributed by atoms with Gasteiger partial charge in [-0.2, -0.15) is 0 Å². The van der Waals surface area contributed by atoms with Crippen molar-refractivity contribution < 1.29 is 18.7 Å². The molecule has 3 rings (SSSR count). The summed E-state index contributed by atoms with van der Waals surface area (Å²) in [6.07, 6.45) is -0.799. The molecule has 0 radical (unpaired) electrons. The van der Waals surface area contributed by atoms with Crippen LogP contribution in [0.1, 0.15) is 24.5 Å². The number of carbonyl (C=O) groups excluding carboxylic acids is 2. The molecule has 0 saturated heterocycles. The largest absolute Gasteiger partial charge is 0.481 e. The van der Waals surface area contributed by atoms with E-state index in [-0.39, 0.29) is 13.0 Å². The number of hydrazine groups is 1. The number of carbonyl (C=O) groups is 2. The van der Waals surface area contributed by atoms with E-state index in [1.807, 2.05) is 26.0 Å². The zero-order chi connectivity index (χ0) is 21.0. The highest BCUT2D eigenvalue weighted by molar-refractivity contribution is 5.84. The second kappa shape index (κ2) is 8.64. The van der Waals surface area contributed by atoms with Gasteiger partial charge in [0.15, 0.2) is 11.7 Å². The van der Waals surface area contributed by atoms with E-state index in [1.165, 1.54) is 4.57 Å². The van der Waals surface area contributed by atoms with E-state index >= 15 is 0 Å². The molecule has 1 atom stereocenters. The molecule has 8 nitrogen and oxygen atoms in total. The molecule has 0 saturated carbocycles. The molecule has 0 spiro atoms. The van der Waals surface area contributed by atoms with E-state index in [0.29, 0.717) is 16.8 Å². The second-order valence-electron chi connectivity index (χ2n) is 6.73. The molecule has 8 heteroatoms. The van der Waals surface area contributed by atoms with Crippen molar-refractivity contribution >= 4 is 22.9 Å². The third-order valence-corrected chi connectivity index (χ3v) is 4.69. The normalized spacial score (nSPS) is 11.8. The van der Waals surface area contributed by atoms with Gasteiger partial charge in [-0.25, -0.2) is 4.79 Å². The Morgan fingerprint density at radius 1 is 1.10 bits per heavy atom. The Kier molecular flexibility index (Phi) is 6.01. The molecule has 3 aromatic rings. The molecule has 29 heavy (non-hydrogen) atoms. The Morgan fingerprint density at radius 2 is 1.86 bits per heavy atom. The molecule has 0 fully saturated rings. The Bertz CT molecular complexity index is 1100. The molecular weight excluding hydrogens is 374 g/mol. The Hall–Kier alpha value is -3.55. The summed E-state index contributed by atoms with van der Waals surface area (Å²) in [6, 6.07) is 12.6. The van der Waals surface area contributed by atoms with Crippen LogP contribution >= 0.6 is 0 Å². The molecule has 2 aromatic carbocycles. The number of oxazole rings is 1. The van der Waals surface area contributed by atoms with Crippen LogP contribution in [0, 0.1) is 13.8 Å². The minimum Gasteiger partial charge on any atom is -0.481 e. The van der Waals surface area contributed by atoms with Crippen LogP contribution in [-0.4, -0.2) is 22.5 Å². The maximum absolute atomic E-state index is 12.2. The SMILES string of the molecule is Cc1cccc(OC(C)C(=O)NNC(=O)CCn2c(=O)oc3ccccc32)c1C. The number of fused-ring (bicyclic) bond motifs is 1. The summed E-state index contributed by atoms with van der Waals surface area (Å²) >= 11 is 0. The molecule has 0 aliphatic rings. The molecule has 152 valence electrons. The average Bonchev–Trinajstić information content (AvgIpc) is 3.02. The fraction of sp³-hybridized carbons (Fsp3) is 0.286. The van der Waals surface area contributed by atoms with Gasteiger partial charge in [-0.1, -0.05) is 24.3 Å². The van der Waals surface area contributed by atoms with E-state index in [4.69, 9.17) is 9.15 Å². The maximum atomic E-state index is 12.2. The summed E-state index contributed by atoms with van der Waals surface area (Å²) in [5.41, 5.74) is 7.78. The van der Waals surface area contributed by atoms with Crippen molar-refractivity contribution in [2.75, 3.05) is 0 Å². The quantitative estimate of drug-likeness (QED) is 0.621. The summed E-state index contributed by atoms with van der Waals surface area (Å²) in [4.78, 5) is 36.2. The van der Waals surface area contributed by atoms with Crippen LogP contribution in [0.3, 0.4) is 0 Å². The van der Waals surface area contributed by atoms with Gasteiger partial charge in [-0.05, 0) is 50.1 Å². The van der Waals surface area contributed by atoms with Gasteiger partial charge in [-0.15, -0.1) is 0 Å². The summed E-state index contributed by atoms with van der Waals surface area (Å²) in [7, 11) is 0. The molecule has 2 amide bonds. The van der Waals surface area contributed by atoms with E-state index < -0.39 is 23.7 Å². The van der Waals surface area contributed by atoms with Crippen LogP contribution in [0.25, 0.3) is 11.1 Å². The number of hydrogen-bond donors (Lipinski definition) is 2. The Labute approximate surface area is 167 Å². The first-order valence-corrected chi connectivity index (χ1v) is 9.26. The molecule has 2 N–H and O–H groups in total. The fourth-order valence-corrected chi connectivity index (χ4v) is 2.83. The first kappa shape index (κ1) is 20.2. The minimum absolute atomic E-state index is 0.00403. The summed E-state index contributed by atoms with van der Waals surface area (Å²) in [6.45, 7) is 5.60. The highest BCUT2D eigenvalue weighted by atomic mass is 16.5. The molecule has 0 bridgehead atoms. The number of para-hydroxylation sites is 2. The lowest BCUT2D eigenvalue weighted by molar-refractivity contribution is -0.132. The summed E-state index contributed by atoms with van der Waals surface area (Å²) in [5.74, 6) is -0.830. The van der Waals surface area contributed by atoms with Crippen molar-refractivity contribution in [1.29, 1.82) is 0 Å². The average molecular weight is 397 g/mol. The number of hydrogen-bond acceptors (Lipinski definition) is 5. The van der Waals surface area contributed by atoms with Gasteiger partial charge < -0.3 is 9.15 Å². The third kappa shape index (κ3) is 4.66. The van der Waals surface area contributed by atoms with Crippen molar-refractivity contribution in [2.45, 2.75) is 39.8 Å². The highest BCUT2D eigenvalue weighted by Crippen LogP contribution is 2.21. The van der Waals surface area contributed by atoms with E-state index in [0.717, 1.165) is 11.1 Å². The van der Waals surface area contributed by atoms with Gasteiger partial charge in [0.1, 0.15) is 5.75 Å². The van der Waals surface area contributed by atoms with Crippen molar-refractivity contribution in [1.82, 2.24) is 15.4 Å². The lowest BCUT2D eigenvalue weighted by atomic mass is 10.1. The van der Waals surface area contributed by atoms with Crippen molar-refractivity contribution in [3.63, 3.8) is 0 Å². The number of rotatable bonds is 6. The predicted molar refractivity (Wildman–Crippen MR) is 107 cm³/mol. The Balaban J connectivity index is 1.51. The second-order valence-corrected chi connectivity index (χ2v) is 6.73. The van der Waals surface area contributed by atoms with Crippen molar-refractivity contribution in [2.24, 2.45) is 0 Å². The number of aryl methyl sites for hydroxylation is 2. The zero-order valence-corrected chi connectivity index (χ0v) is 16.5. The summed E-state index contributed by atoms with van der Waals surface area (Å²) in [5, 5.41) is 0. The van der Waals surface area contributed by atoms with E-state index in [9.17, 15) is 14.4 Å². The standard InChI is InChI=1S/C21H23N3O5/c1-13-7-6-10-17(14(13)2)28-15(3)20(26)23-22-19(25)11-12-24-16-8-4-5-9-18(16)29-21(24)27/h4-10,15H,11-12H2,1-3H3,(H,22,25)(H,23,26). The van der Waals surface area contributed by atoms with E-state index in [2.05, 4.69) is 10.9 Å². The van der Waals surface area contributed by atoms with Crippen LogP contribution in [-0.2, 0) is 16.1 Å². The van der Waals surface area contributed by atoms with Gasteiger partial charge in [0.25, 0.3) is 5.91 Å². The zero-order valence-electron chi connectivity index (χ0n) is 16.5. The first-order valence-electron chi connectivity index (χ1n) is 9.26. The van der Waals surface area contributed by atoms with Gasteiger partial charge in [-0.3, -0.25) is 25.0 Å². The van der Waals surface area contributed by atoms with Gasteiger partial charge in [0, 0.05) is 13.0 Å². The molecule has 0 aliphatic carbocycles. The van der Waals surface area contributed by atoms with Crippen LogP contribution in [0.2, 0.25) is 0 Å². The lowest BCUT2D eigenvalue weighted by Gasteiger charge is -2.17. The monoisotopic (exact) mass is 397 g/mol. The van der Waals surface area contributed by atoms with Crippen LogP contribution in [0.4, 0.5) is 0 Å². The molecule has 1 heterocycles. The van der Waals surface area contributed by atoms with Gasteiger partial charge in [0.2, 0.25) is 5.91 Å². The number of amides is 2.